The van der Waals surface area contributed by atoms with Crippen molar-refractivity contribution in [3.05, 3.63) is 57.8 Å². The van der Waals surface area contributed by atoms with Gasteiger partial charge in [0.15, 0.2) is 5.96 Å². The van der Waals surface area contributed by atoms with Crippen LogP contribution < -0.4 is 10.6 Å². The summed E-state index contributed by atoms with van der Waals surface area (Å²) in [5, 5.41) is 8.80. The van der Waals surface area contributed by atoms with E-state index in [9.17, 15) is 0 Å². The summed E-state index contributed by atoms with van der Waals surface area (Å²) in [6.45, 7) is 3.82. The predicted molar refractivity (Wildman–Crippen MR) is 87.4 cm³/mol. The summed E-state index contributed by atoms with van der Waals surface area (Å²) < 4.78 is 0. The fourth-order valence-corrected chi connectivity index (χ4v) is 2.68. The SMILES string of the molecule is CN=C(NCCc1cccs1)NCc1ccccc1C. The molecule has 0 amide bonds. The molecule has 0 saturated carbocycles. The first-order valence-corrected chi connectivity index (χ1v) is 7.69. The van der Waals surface area contributed by atoms with E-state index in [1.54, 1.807) is 18.4 Å². The molecule has 2 N–H and O–H groups in total. The number of aliphatic imine (C=N–C) groups is 1. The standard InChI is InChI=1S/C16H21N3S/c1-13-6-3-4-7-14(13)12-19-16(17-2)18-10-9-15-8-5-11-20-15/h3-8,11H,9-10,12H2,1-2H3,(H2,17,18,19). The molecule has 0 aliphatic rings. The van der Waals surface area contributed by atoms with Crippen molar-refractivity contribution >= 4 is 17.3 Å². The molecule has 0 aliphatic carbocycles. The van der Waals surface area contributed by atoms with Crippen molar-refractivity contribution in [2.75, 3.05) is 13.6 Å². The van der Waals surface area contributed by atoms with Crippen LogP contribution in [0.15, 0.2) is 46.8 Å². The van der Waals surface area contributed by atoms with E-state index in [1.807, 2.05) is 0 Å². The van der Waals surface area contributed by atoms with Crippen molar-refractivity contribution in [1.82, 2.24) is 10.6 Å². The summed E-state index contributed by atoms with van der Waals surface area (Å²) >= 11 is 1.79. The van der Waals surface area contributed by atoms with Gasteiger partial charge in [-0.1, -0.05) is 30.3 Å². The molecule has 106 valence electrons. The lowest BCUT2D eigenvalue weighted by molar-refractivity contribution is 0.797. The van der Waals surface area contributed by atoms with Gasteiger partial charge in [-0.3, -0.25) is 4.99 Å². The Bertz CT molecular complexity index is 547. The molecule has 0 spiro atoms. The summed E-state index contributed by atoms with van der Waals surface area (Å²) in [4.78, 5) is 5.64. The average Bonchev–Trinajstić information content (AvgIpc) is 2.97. The first-order valence-electron chi connectivity index (χ1n) is 6.81. The van der Waals surface area contributed by atoms with E-state index in [1.165, 1.54) is 16.0 Å². The average molecular weight is 287 g/mol. The summed E-state index contributed by atoms with van der Waals surface area (Å²) in [5.74, 6) is 0.852. The second-order valence-corrected chi connectivity index (χ2v) is 5.64. The van der Waals surface area contributed by atoms with Crippen LogP contribution in [0.25, 0.3) is 0 Å². The van der Waals surface area contributed by atoms with Crippen LogP contribution in [-0.2, 0) is 13.0 Å². The third kappa shape index (κ3) is 4.38. The fourth-order valence-electron chi connectivity index (χ4n) is 1.97. The van der Waals surface area contributed by atoms with Crippen molar-refractivity contribution in [3.63, 3.8) is 0 Å². The van der Waals surface area contributed by atoms with Crippen LogP contribution in [0.3, 0.4) is 0 Å². The minimum absolute atomic E-state index is 0.797. The van der Waals surface area contributed by atoms with Gasteiger partial charge < -0.3 is 10.6 Å². The lowest BCUT2D eigenvalue weighted by Crippen LogP contribution is -2.37. The van der Waals surface area contributed by atoms with Crippen LogP contribution in [0.5, 0.6) is 0 Å². The van der Waals surface area contributed by atoms with E-state index in [0.29, 0.717) is 0 Å². The number of thiophene rings is 1. The Hall–Kier alpha value is -1.81. The fraction of sp³-hybridized carbons (Fsp3) is 0.312. The molecule has 0 radical (unpaired) electrons. The number of hydrogen-bond donors (Lipinski definition) is 2. The zero-order valence-electron chi connectivity index (χ0n) is 12.0. The zero-order chi connectivity index (χ0) is 14.2. The number of benzene rings is 1. The van der Waals surface area contributed by atoms with Crippen LogP contribution >= 0.6 is 11.3 Å². The number of nitrogens with one attached hydrogen (secondary N) is 2. The lowest BCUT2D eigenvalue weighted by Gasteiger charge is -2.12. The highest BCUT2D eigenvalue weighted by atomic mass is 32.1. The third-order valence-corrected chi connectivity index (χ3v) is 4.11. The van der Waals surface area contributed by atoms with Crippen molar-refractivity contribution in [3.8, 4) is 0 Å². The highest BCUT2D eigenvalue weighted by Crippen LogP contribution is 2.08. The molecule has 0 atom stereocenters. The molecule has 4 heteroatoms. The van der Waals surface area contributed by atoms with E-state index in [2.05, 4.69) is 64.3 Å². The van der Waals surface area contributed by atoms with E-state index < -0.39 is 0 Å². The van der Waals surface area contributed by atoms with Gasteiger partial charge in [0.05, 0.1) is 0 Å². The molecule has 1 aromatic carbocycles. The molecule has 0 bridgehead atoms. The first kappa shape index (κ1) is 14.6. The maximum absolute atomic E-state index is 4.25. The Morgan fingerprint density at radius 1 is 1.15 bits per heavy atom. The second kappa shape index (κ2) is 7.70. The highest BCUT2D eigenvalue weighted by Gasteiger charge is 2.00. The summed E-state index contributed by atoms with van der Waals surface area (Å²) in [6.07, 6.45) is 1.03. The predicted octanol–water partition coefficient (Wildman–Crippen LogP) is 2.96. The van der Waals surface area contributed by atoms with Gasteiger partial charge in [-0.05, 0) is 35.9 Å². The maximum atomic E-state index is 4.25. The molecule has 0 fully saturated rings. The molecule has 0 unspecified atom stereocenters. The number of hydrogen-bond acceptors (Lipinski definition) is 2. The van der Waals surface area contributed by atoms with Crippen molar-refractivity contribution < 1.29 is 0 Å². The Kier molecular flexibility index (Phi) is 5.62. The number of guanidine groups is 1. The minimum atomic E-state index is 0.797. The van der Waals surface area contributed by atoms with Crippen LogP contribution in [0.4, 0.5) is 0 Å². The lowest BCUT2D eigenvalue weighted by atomic mass is 10.1. The van der Waals surface area contributed by atoms with E-state index in [0.717, 1.165) is 25.5 Å². The van der Waals surface area contributed by atoms with Gasteiger partial charge in [0.2, 0.25) is 0 Å². The van der Waals surface area contributed by atoms with Gasteiger partial charge in [0, 0.05) is 25.0 Å². The smallest absolute Gasteiger partial charge is 0.191 e. The molecule has 2 rings (SSSR count). The molecule has 2 aromatic rings. The minimum Gasteiger partial charge on any atom is -0.356 e. The monoisotopic (exact) mass is 287 g/mol. The molecule has 3 nitrogen and oxygen atoms in total. The van der Waals surface area contributed by atoms with Crippen LogP contribution in [0.2, 0.25) is 0 Å². The first-order chi connectivity index (χ1) is 9.79. The molecule has 1 heterocycles. The second-order valence-electron chi connectivity index (χ2n) is 4.61. The van der Waals surface area contributed by atoms with Crippen molar-refractivity contribution in [2.24, 2.45) is 4.99 Å². The van der Waals surface area contributed by atoms with Crippen molar-refractivity contribution in [2.45, 2.75) is 19.9 Å². The normalized spacial score (nSPS) is 11.4. The van der Waals surface area contributed by atoms with Crippen LogP contribution in [0, 0.1) is 6.92 Å². The topological polar surface area (TPSA) is 36.4 Å². The summed E-state index contributed by atoms with van der Waals surface area (Å²) in [7, 11) is 1.80. The largest absolute Gasteiger partial charge is 0.356 e. The van der Waals surface area contributed by atoms with Gasteiger partial charge in [-0.25, -0.2) is 0 Å². The third-order valence-electron chi connectivity index (χ3n) is 3.18. The summed E-state index contributed by atoms with van der Waals surface area (Å²) in [6, 6.07) is 12.6. The number of aryl methyl sites for hydroxylation is 1. The number of rotatable bonds is 5. The maximum Gasteiger partial charge on any atom is 0.191 e. The molecular formula is C16H21N3S. The molecular weight excluding hydrogens is 266 g/mol. The van der Waals surface area contributed by atoms with Gasteiger partial charge in [0.25, 0.3) is 0 Å². The quantitative estimate of drug-likeness (QED) is 0.655. The Morgan fingerprint density at radius 3 is 2.70 bits per heavy atom. The molecule has 1 aromatic heterocycles. The Morgan fingerprint density at radius 2 is 2.00 bits per heavy atom. The molecule has 20 heavy (non-hydrogen) atoms. The van der Waals surface area contributed by atoms with Gasteiger partial charge >= 0.3 is 0 Å². The Labute approximate surface area is 124 Å². The van der Waals surface area contributed by atoms with Gasteiger partial charge in [0.1, 0.15) is 0 Å². The number of nitrogens with zero attached hydrogens (tertiary/aromatic N) is 1. The Balaban J connectivity index is 1.77. The zero-order valence-corrected chi connectivity index (χ0v) is 12.8. The molecule has 0 saturated heterocycles. The molecule has 0 aliphatic heterocycles. The summed E-state index contributed by atoms with van der Waals surface area (Å²) in [5.41, 5.74) is 2.60. The van der Waals surface area contributed by atoms with E-state index >= 15 is 0 Å². The van der Waals surface area contributed by atoms with Gasteiger partial charge in [-0.15, -0.1) is 11.3 Å². The van der Waals surface area contributed by atoms with E-state index in [4.69, 9.17) is 0 Å². The van der Waals surface area contributed by atoms with E-state index in [-0.39, 0.29) is 0 Å². The van der Waals surface area contributed by atoms with Crippen LogP contribution in [0.1, 0.15) is 16.0 Å². The van der Waals surface area contributed by atoms with Crippen LogP contribution in [-0.4, -0.2) is 19.6 Å². The van der Waals surface area contributed by atoms with Crippen molar-refractivity contribution in [1.29, 1.82) is 0 Å². The van der Waals surface area contributed by atoms with Gasteiger partial charge in [-0.2, -0.15) is 0 Å². The highest BCUT2D eigenvalue weighted by molar-refractivity contribution is 7.09.